The molecular weight excluding hydrogens is 418 g/mol. The van der Waals surface area contributed by atoms with Crippen molar-refractivity contribution in [3.05, 3.63) is 53.3 Å². The van der Waals surface area contributed by atoms with Crippen molar-refractivity contribution in [2.45, 2.75) is 32.3 Å². The fourth-order valence-electron chi connectivity index (χ4n) is 3.68. The number of ether oxygens (including phenoxy) is 1. The molecule has 3 N–H and O–H groups in total. The van der Waals surface area contributed by atoms with E-state index in [1.807, 2.05) is 26.8 Å². The molecule has 1 aliphatic rings. The number of aliphatic hydroxyl groups excluding tert-OH is 1. The van der Waals surface area contributed by atoms with Crippen LogP contribution in [-0.2, 0) is 5.41 Å². The van der Waals surface area contributed by atoms with Crippen LogP contribution in [0.2, 0.25) is 0 Å². The monoisotopic (exact) mass is 441 g/mol. The summed E-state index contributed by atoms with van der Waals surface area (Å²) in [6.45, 7) is 6.23. The van der Waals surface area contributed by atoms with Crippen LogP contribution in [0.5, 0.6) is 5.88 Å². The molecule has 0 unspecified atom stereocenters. The quantitative estimate of drug-likeness (QED) is 0.524. The Hall–Kier alpha value is -4.21. The second-order valence-electron chi connectivity index (χ2n) is 8.38. The lowest BCUT2D eigenvalue weighted by molar-refractivity contribution is 0.219. The van der Waals surface area contributed by atoms with Gasteiger partial charge >= 0.3 is 0 Å². The minimum absolute atomic E-state index is 0.0429. The van der Waals surface area contributed by atoms with Crippen LogP contribution in [0.4, 0.5) is 17.3 Å². The van der Waals surface area contributed by atoms with Crippen molar-refractivity contribution in [1.82, 2.24) is 15.0 Å². The van der Waals surface area contributed by atoms with Crippen LogP contribution in [0.25, 0.3) is 11.3 Å². The van der Waals surface area contributed by atoms with E-state index in [1.54, 1.807) is 24.4 Å². The normalized spacial score (nSPS) is 16.5. The zero-order valence-corrected chi connectivity index (χ0v) is 18.5. The van der Waals surface area contributed by atoms with Gasteiger partial charge in [-0.2, -0.15) is 10.5 Å². The molecule has 2 aromatic heterocycles. The topological polar surface area (TPSA) is 140 Å². The predicted molar refractivity (Wildman–Crippen MR) is 123 cm³/mol. The molecule has 3 aromatic rings. The highest BCUT2D eigenvalue weighted by Crippen LogP contribution is 2.41. The van der Waals surface area contributed by atoms with Crippen LogP contribution in [-0.4, -0.2) is 39.3 Å². The lowest BCUT2D eigenvalue weighted by Crippen LogP contribution is -2.28. The highest BCUT2D eigenvalue weighted by molar-refractivity contribution is 5.76. The van der Waals surface area contributed by atoms with Crippen LogP contribution in [0.3, 0.4) is 0 Å². The molecule has 0 aliphatic carbocycles. The third-order valence-electron chi connectivity index (χ3n) is 5.44. The average Bonchev–Trinajstić information content (AvgIpc) is 3.16. The third-order valence-corrected chi connectivity index (χ3v) is 5.44. The molecule has 0 amide bonds. The van der Waals surface area contributed by atoms with E-state index in [9.17, 15) is 15.6 Å². The molecule has 33 heavy (non-hydrogen) atoms. The summed E-state index contributed by atoms with van der Waals surface area (Å²) in [4.78, 5) is 13.1. The molecule has 9 heteroatoms. The summed E-state index contributed by atoms with van der Waals surface area (Å²) < 4.78 is 5.74. The maximum absolute atomic E-state index is 9.94. The van der Waals surface area contributed by atoms with Crippen LogP contribution in [0.15, 0.2) is 36.7 Å². The van der Waals surface area contributed by atoms with E-state index in [0.29, 0.717) is 40.9 Å². The standard InChI is InChI=1S/C24H23N7O2/c1-14(2)33-22-20(6-15(9-25)11-28-22)31-23-27-5-4-19(30-23)16-7-17(10-26)21-18(8-16)24(3,13-32)12-29-21/h4-8,11,14,29,32H,12-13H2,1-3H3,(H,27,30,31)/t24-/m1/s1. The maximum atomic E-state index is 9.94. The minimum atomic E-state index is -0.489. The second-order valence-corrected chi connectivity index (χ2v) is 8.38. The summed E-state index contributed by atoms with van der Waals surface area (Å²) in [7, 11) is 0. The molecule has 1 aliphatic heterocycles. The summed E-state index contributed by atoms with van der Waals surface area (Å²) in [5, 5.41) is 35.2. The predicted octanol–water partition coefficient (Wildman–Crippen LogP) is 3.49. The number of nitrogens with one attached hydrogen (secondary N) is 2. The Bertz CT molecular complexity index is 1290. The Labute approximate surface area is 191 Å². The second kappa shape index (κ2) is 8.73. The van der Waals surface area contributed by atoms with Gasteiger partial charge in [0.05, 0.1) is 35.2 Å². The maximum Gasteiger partial charge on any atom is 0.238 e. The number of fused-ring (bicyclic) bond motifs is 1. The molecule has 4 rings (SSSR count). The first-order chi connectivity index (χ1) is 15.9. The Morgan fingerprint density at radius 3 is 2.76 bits per heavy atom. The van der Waals surface area contributed by atoms with Crippen molar-refractivity contribution in [3.8, 4) is 29.3 Å². The van der Waals surface area contributed by atoms with Crippen LogP contribution in [0, 0.1) is 22.7 Å². The number of anilines is 3. The van der Waals surface area contributed by atoms with E-state index < -0.39 is 5.41 Å². The molecule has 9 nitrogen and oxygen atoms in total. The molecule has 0 saturated carbocycles. The fourth-order valence-corrected chi connectivity index (χ4v) is 3.68. The number of hydrogen-bond acceptors (Lipinski definition) is 9. The third kappa shape index (κ3) is 4.27. The minimum Gasteiger partial charge on any atom is -0.473 e. The number of aliphatic hydroxyl groups is 1. The average molecular weight is 441 g/mol. The van der Waals surface area contributed by atoms with E-state index in [2.05, 4.69) is 37.7 Å². The molecule has 0 spiro atoms. The van der Waals surface area contributed by atoms with Gasteiger partial charge in [0.2, 0.25) is 11.8 Å². The van der Waals surface area contributed by atoms with E-state index in [1.165, 1.54) is 6.20 Å². The zero-order valence-electron chi connectivity index (χ0n) is 18.5. The highest BCUT2D eigenvalue weighted by atomic mass is 16.5. The molecule has 1 atom stereocenters. The number of nitriles is 2. The first-order valence-electron chi connectivity index (χ1n) is 10.5. The molecule has 0 fully saturated rings. The molecule has 0 saturated heterocycles. The number of nitrogens with zero attached hydrogens (tertiary/aromatic N) is 5. The van der Waals surface area contributed by atoms with Crippen LogP contribution in [0.1, 0.15) is 37.5 Å². The van der Waals surface area contributed by atoms with Gasteiger partial charge in [-0.15, -0.1) is 0 Å². The number of benzene rings is 1. The number of rotatable bonds is 6. The molecular formula is C24H23N7O2. The summed E-state index contributed by atoms with van der Waals surface area (Å²) in [6.07, 6.45) is 2.95. The number of aromatic nitrogens is 3. The highest BCUT2D eigenvalue weighted by Gasteiger charge is 2.36. The van der Waals surface area contributed by atoms with Crippen molar-refractivity contribution in [2.24, 2.45) is 0 Å². The van der Waals surface area contributed by atoms with Gasteiger partial charge < -0.3 is 20.5 Å². The van der Waals surface area contributed by atoms with Gasteiger partial charge in [-0.05, 0) is 43.7 Å². The van der Waals surface area contributed by atoms with E-state index in [4.69, 9.17) is 4.74 Å². The van der Waals surface area contributed by atoms with E-state index in [-0.39, 0.29) is 12.7 Å². The molecule has 3 heterocycles. The van der Waals surface area contributed by atoms with Crippen LogP contribution < -0.4 is 15.4 Å². The lowest BCUT2D eigenvalue weighted by Gasteiger charge is -2.21. The molecule has 1 aromatic carbocycles. The smallest absolute Gasteiger partial charge is 0.238 e. The summed E-state index contributed by atoms with van der Waals surface area (Å²) in [5.41, 5.74) is 3.83. The van der Waals surface area contributed by atoms with Gasteiger partial charge in [0.15, 0.2) is 0 Å². The van der Waals surface area contributed by atoms with Gasteiger partial charge in [0, 0.05) is 29.9 Å². The van der Waals surface area contributed by atoms with Crippen molar-refractivity contribution >= 4 is 17.3 Å². The van der Waals surface area contributed by atoms with Gasteiger partial charge in [0.1, 0.15) is 17.8 Å². The largest absolute Gasteiger partial charge is 0.473 e. The zero-order chi connectivity index (χ0) is 23.6. The summed E-state index contributed by atoms with van der Waals surface area (Å²) in [5.74, 6) is 0.632. The van der Waals surface area contributed by atoms with Gasteiger partial charge in [-0.3, -0.25) is 0 Å². The van der Waals surface area contributed by atoms with Crippen molar-refractivity contribution < 1.29 is 9.84 Å². The van der Waals surface area contributed by atoms with Gasteiger partial charge in [0.25, 0.3) is 0 Å². The molecule has 166 valence electrons. The van der Waals surface area contributed by atoms with Gasteiger partial charge in [-0.1, -0.05) is 6.92 Å². The first kappa shape index (κ1) is 22.0. The van der Waals surface area contributed by atoms with Crippen molar-refractivity contribution in [3.63, 3.8) is 0 Å². The summed E-state index contributed by atoms with van der Waals surface area (Å²) in [6, 6.07) is 11.4. The molecule has 0 bridgehead atoms. The number of pyridine rings is 1. The lowest BCUT2D eigenvalue weighted by atomic mass is 9.83. The first-order valence-corrected chi connectivity index (χ1v) is 10.5. The Kier molecular flexibility index (Phi) is 5.82. The van der Waals surface area contributed by atoms with Crippen LogP contribution >= 0.6 is 0 Å². The Morgan fingerprint density at radius 2 is 2.06 bits per heavy atom. The van der Waals surface area contributed by atoms with Crippen molar-refractivity contribution in [1.29, 1.82) is 10.5 Å². The number of hydrogen-bond donors (Lipinski definition) is 3. The SMILES string of the molecule is CC(C)Oc1ncc(C#N)cc1Nc1nccc(-c2cc(C#N)c3c(c2)[C@@](C)(CO)CN3)n1. The molecule has 0 radical (unpaired) electrons. The summed E-state index contributed by atoms with van der Waals surface area (Å²) >= 11 is 0. The van der Waals surface area contributed by atoms with E-state index in [0.717, 1.165) is 16.8 Å². The van der Waals surface area contributed by atoms with Crippen molar-refractivity contribution in [2.75, 3.05) is 23.8 Å². The van der Waals surface area contributed by atoms with E-state index >= 15 is 0 Å². The Balaban J connectivity index is 1.73. The van der Waals surface area contributed by atoms with Gasteiger partial charge in [-0.25, -0.2) is 15.0 Å². The Morgan fingerprint density at radius 1 is 1.24 bits per heavy atom. The fraction of sp³-hybridized carbons (Fsp3) is 0.292.